The molecule has 2 aromatic carbocycles. The first kappa shape index (κ1) is 21.7. The van der Waals surface area contributed by atoms with Gasteiger partial charge in [0.25, 0.3) is 5.69 Å². The Hall–Kier alpha value is -2.98. The highest BCUT2D eigenvalue weighted by Gasteiger charge is 2.26. The summed E-state index contributed by atoms with van der Waals surface area (Å²) in [5, 5.41) is 13.3. The van der Waals surface area contributed by atoms with Crippen LogP contribution >= 0.6 is 0 Å². The van der Waals surface area contributed by atoms with Crippen molar-refractivity contribution in [3.63, 3.8) is 0 Å². The number of nitro groups is 1. The van der Waals surface area contributed by atoms with Gasteiger partial charge >= 0.3 is 0 Å². The smallest absolute Gasteiger partial charge is 0.269 e. The first-order chi connectivity index (χ1) is 14.3. The number of carbonyl (C=O) groups is 1. The number of rotatable bonds is 8. The van der Waals surface area contributed by atoms with Gasteiger partial charge in [0.2, 0.25) is 15.9 Å². The highest BCUT2D eigenvalue weighted by molar-refractivity contribution is 7.89. The van der Waals surface area contributed by atoms with Crippen LogP contribution in [0.5, 0.6) is 5.75 Å². The van der Waals surface area contributed by atoms with E-state index in [0.717, 1.165) is 16.9 Å². The van der Waals surface area contributed by atoms with E-state index in [9.17, 15) is 23.3 Å². The minimum atomic E-state index is -3.51. The Kier molecular flexibility index (Phi) is 6.68. The number of hydrogen-bond acceptors (Lipinski definition) is 6. The van der Waals surface area contributed by atoms with Gasteiger partial charge in [0.1, 0.15) is 5.75 Å². The number of carbonyl (C=O) groups excluding carboxylic acids is 1. The van der Waals surface area contributed by atoms with E-state index in [-0.39, 0.29) is 30.3 Å². The second-order valence-electron chi connectivity index (χ2n) is 6.98. The molecule has 0 fully saturated rings. The molecular formula is C20H23N3O6S. The summed E-state index contributed by atoms with van der Waals surface area (Å²) in [5.74, 6) is 0.223. The number of hydrogen-bond donors (Lipinski definition) is 1. The summed E-state index contributed by atoms with van der Waals surface area (Å²) >= 11 is 0. The van der Waals surface area contributed by atoms with Crippen molar-refractivity contribution < 1.29 is 22.9 Å². The summed E-state index contributed by atoms with van der Waals surface area (Å²) in [4.78, 5) is 22.2. The van der Waals surface area contributed by atoms with Gasteiger partial charge in [-0.15, -0.1) is 0 Å². The molecule has 0 saturated carbocycles. The van der Waals surface area contributed by atoms with Gasteiger partial charge in [-0.2, -0.15) is 4.31 Å². The Bertz CT molecular complexity index is 1040. The van der Waals surface area contributed by atoms with Crippen LogP contribution in [0.2, 0.25) is 0 Å². The summed E-state index contributed by atoms with van der Waals surface area (Å²) in [6.45, 7) is 0.692. The third kappa shape index (κ3) is 5.33. The van der Waals surface area contributed by atoms with Gasteiger partial charge in [0.15, 0.2) is 0 Å². The van der Waals surface area contributed by atoms with Crippen molar-refractivity contribution in [2.45, 2.75) is 19.4 Å². The van der Waals surface area contributed by atoms with E-state index in [1.807, 2.05) is 18.2 Å². The Balaban J connectivity index is 1.50. The van der Waals surface area contributed by atoms with Crippen molar-refractivity contribution in [3.8, 4) is 5.75 Å². The summed E-state index contributed by atoms with van der Waals surface area (Å²) in [5.41, 5.74) is 2.60. The summed E-state index contributed by atoms with van der Waals surface area (Å²) < 4.78 is 31.9. The molecule has 2 aromatic rings. The SMILES string of the molecule is COc1ccc2c(c1)CCN(S(=O)(=O)CCNC(=O)Cc1ccc([N+](=O)[O-])cc1)C2. The van der Waals surface area contributed by atoms with Crippen LogP contribution in [0.4, 0.5) is 5.69 Å². The van der Waals surface area contributed by atoms with E-state index in [2.05, 4.69) is 5.32 Å². The molecule has 10 heteroatoms. The number of methoxy groups -OCH3 is 1. The number of nitro benzene ring substituents is 1. The number of non-ortho nitro benzene ring substituents is 1. The summed E-state index contributed by atoms with van der Waals surface area (Å²) in [6, 6.07) is 11.3. The molecule has 0 spiro atoms. The van der Waals surface area contributed by atoms with Gasteiger partial charge in [-0.25, -0.2) is 8.42 Å². The van der Waals surface area contributed by atoms with Gasteiger partial charge in [-0.1, -0.05) is 18.2 Å². The van der Waals surface area contributed by atoms with Crippen molar-refractivity contribution in [2.75, 3.05) is 26.0 Å². The average molecular weight is 433 g/mol. The minimum absolute atomic E-state index is 0.000117. The molecule has 0 saturated heterocycles. The highest BCUT2D eigenvalue weighted by Crippen LogP contribution is 2.25. The number of benzene rings is 2. The molecule has 160 valence electrons. The lowest BCUT2D eigenvalue weighted by Crippen LogP contribution is -2.40. The molecule has 1 aliphatic rings. The van der Waals surface area contributed by atoms with E-state index in [1.54, 1.807) is 7.11 Å². The number of amides is 1. The largest absolute Gasteiger partial charge is 0.497 e. The van der Waals surface area contributed by atoms with Gasteiger partial charge in [-0.05, 0) is 35.2 Å². The molecule has 0 unspecified atom stereocenters. The lowest BCUT2D eigenvalue weighted by atomic mass is 10.0. The van der Waals surface area contributed by atoms with Crippen LogP contribution in [0.3, 0.4) is 0 Å². The van der Waals surface area contributed by atoms with Crippen molar-refractivity contribution in [2.24, 2.45) is 0 Å². The van der Waals surface area contributed by atoms with E-state index < -0.39 is 14.9 Å². The van der Waals surface area contributed by atoms with Crippen LogP contribution in [0.1, 0.15) is 16.7 Å². The third-order valence-corrected chi connectivity index (χ3v) is 6.80. The number of nitrogens with one attached hydrogen (secondary N) is 1. The van der Waals surface area contributed by atoms with Crippen LogP contribution in [0, 0.1) is 10.1 Å². The minimum Gasteiger partial charge on any atom is -0.497 e. The first-order valence-corrected chi connectivity index (χ1v) is 11.0. The van der Waals surface area contributed by atoms with E-state index >= 15 is 0 Å². The predicted molar refractivity (Wildman–Crippen MR) is 111 cm³/mol. The highest BCUT2D eigenvalue weighted by atomic mass is 32.2. The van der Waals surface area contributed by atoms with Crippen molar-refractivity contribution in [3.05, 3.63) is 69.3 Å². The first-order valence-electron chi connectivity index (χ1n) is 9.42. The second-order valence-corrected chi connectivity index (χ2v) is 9.07. The maximum Gasteiger partial charge on any atom is 0.269 e. The molecule has 3 rings (SSSR count). The van der Waals surface area contributed by atoms with Gasteiger partial charge < -0.3 is 10.1 Å². The monoisotopic (exact) mass is 433 g/mol. The quantitative estimate of drug-likeness (QED) is 0.499. The lowest BCUT2D eigenvalue weighted by molar-refractivity contribution is -0.384. The Morgan fingerprint density at radius 3 is 2.60 bits per heavy atom. The molecule has 0 aromatic heterocycles. The summed E-state index contributed by atoms with van der Waals surface area (Å²) in [7, 11) is -1.92. The molecule has 1 heterocycles. The number of ether oxygens (including phenoxy) is 1. The molecule has 1 amide bonds. The van der Waals surface area contributed by atoms with E-state index in [4.69, 9.17) is 4.74 Å². The molecule has 9 nitrogen and oxygen atoms in total. The number of fused-ring (bicyclic) bond motifs is 1. The molecule has 0 atom stereocenters. The molecule has 0 aliphatic carbocycles. The zero-order valence-corrected chi connectivity index (χ0v) is 17.4. The summed E-state index contributed by atoms with van der Waals surface area (Å²) in [6.07, 6.45) is 0.634. The van der Waals surface area contributed by atoms with Crippen LogP contribution in [0.15, 0.2) is 42.5 Å². The van der Waals surface area contributed by atoms with E-state index in [1.165, 1.54) is 28.6 Å². The van der Waals surface area contributed by atoms with Gasteiger partial charge in [0.05, 0.1) is 24.2 Å². The van der Waals surface area contributed by atoms with E-state index in [0.29, 0.717) is 25.1 Å². The molecular weight excluding hydrogens is 410 g/mol. The number of nitrogens with zero attached hydrogens (tertiary/aromatic N) is 2. The van der Waals surface area contributed by atoms with Crippen molar-refractivity contribution in [1.82, 2.24) is 9.62 Å². The zero-order chi connectivity index (χ0) is 21.7. The topological polar surface area (TPSA) is 119 Å². The second kappa shape index (κ2) is 9.23. The van der Waals surface area contributed by atoms with Crippen molar-refractivity contribution in [1.29, 1.82) is 0 Å². The normalized spacial score (nSPS) is 14.0. The zero-order valence-electron chi connectivity index (χ0n) is 16.5. The molecule has 1 N–H and O–H groups in total. The predicted octanol–water partition coefficient (Wildman–Crippen LogP) is 1.65. The lowest BCUT2D eigenvalue weighted by Gasteiger charge is -2.28. The third-order valence-electron chi connectivity index (χ3n) is 4.98. The number of sulfonamides is 1. The maximum atomic E-state index is 12.6. The fraction of sp³-hybridized carbons (Fsp3) is 0.350. The van der Waals surface area contributed by atoms with Crippen LogP contribution in [0.25, 0.3) is 0 Å². The standard InChI is InChI=1S/C20H23N3O6S/c1-29-19-7-4-17-14-22(10-8-16(17)13-19)30(27,28)11-9-21-20(24)12-15-2-5-18(6-3-15)23(25)26/h2-7,13H,8-12,14H2,1H3,(H,21,24). The Morgan fingerprint density at radius 2 is 1.93 bits per heavy atom. The molecule has 1 aliphatic heterocycles. The van der Waals surface area contributed by atoms with Gasteiger partial charge in [0, 0.05) is 31.8 Å². The Labute approximate surface area is 174 Å². The van der Waals surface area contributed by atoms with Crippen LogP contribution in [-0.2, 0) is 34.2 Å². The molecule has 0 radical (unpaired) electrons. The molecule has 0 bridgehead atoms. The van der Waals surface area contributed by atoms with Crippen molar-refractivity contribution >= 4 is 21.6 Å². The average Bonchev–Trinajstić information content (AvgIpc) is 2.73. The fourth-order valence-electron chi connectivity index (χ4n) is 3.30. The fourth-order valence-corrected chi connectivity index (χ4v) is 4.62. The maximum absolute atomic E-state index is 12.6. The molecule has 30 heavy (non-hydrogen) atoms. The van der Waals surface area contributed by atoms with Crippen LogP contribution in [-0.4, -0.2) is 49.5 Å². The van der Waals surface area contributed by atoms with Crippen LogP contribution < -0.4 is 10.1 Å². The Morgan fingerprint density at radius 1 is 1.20 bits per heavy atom. The van der Waals surface area contributed by atoms with Gasteiger partial charge in [-0.3, -0.25) is 14.9 Å².